The van der Waals surface area contributed by atoms with E-state index in [1.807, 2.05) is 53.8 Å². The van der Waals surface area contributed by atoms with E-state index in [4.69, 9.17) is 5.73 Å². The molecule has 0 saturated carbocycles. The van der Waals surface area contributed by atoms with Gasteiger partial charge in [0, 0.05) is 21.3 Å². The molecule has 110 valence electrons. The van der Waals surface area contributed by atoms with Crippen molar-refractivity contribution in [3.05, 3.63) is 67.3 Å². The van der Waals surface area contributed by atoms with Crippen LogP contribution in [0.4, 0.5) is 11.4 Å². The van der Waals surface area contributed by atoms with E-state index in [1.165, 1.54) is 12.1 Å². The lowest BCUT2D eigenvalue weighted by Gasteiger charge is -2.03. The molecule has 0 aliphatic heterocycles. The van der Waals surface area contributed by atoms with Crippen molar-refractivity contribution in [1.29, 1.82) is 0 Å². The monoisotopic (exact) mass is 417 g/mol. The van der Waals surface area contributed by atoms with E-state index < -0.39 is 4.92 Å². The average molecular weight is 418 g/mol. The first-order valence-corrected chi connectivity index (χ1v) is 6.90. The van der Waals surface area contributed by atoms with Gasteiger partial charge in [0.25, 0.3) is 5.69 Å². The van der Waals surface area contributed by atoms with Crippen molar-refractivity contribution in [3.8, 4) is 0 Å². The second kappa shape index (κ2) is 7.37. The summed E-state index contributed by atoms with van der Waals surface area (Å²) in [6.07, 6.45) is 0. The van der Waals surface area contributed by atoms with Crippen LogP contribution in [0.2, 0.25) is 0 Å². The molecule has 5 nitrogen and oxygen atoms in total. The maximum absolute atomic E-state index is 10.8. The molecular weight excluding hydrogens is 405 g/mol. The fourth-order valence-electron chi connectivity index (χ4n) is 1.65. The molecule has 0 radical (unpaired) electrons. The number of nitrogens with zero attached hydrogens (tertiary/aromatic N) is 2. The molecule has 0 aliphatic rings. The van der Waals surface area contributed by atoms with Crippen LogP contribution in [-0.4, -0.2) is 10.8 Å². The summed E-state index contributed by atoms with van der Waals surface area (Å²) < 4.78 is 0.744. The lowest BCUT2D eigenvalue weighted by molar-refractivity contribution is -0.385. The summed E-state index contributed by atoms with van der Waals surface area (Å²) in [5.74, 6) is 0.260. The zero-order valence-corrected chi connectivity index (χ0v) is 14.1. The van der Waals surface area contributed by atoms with Gasteiger partial charge in [-0.05, 0) is 47.7 Å². The standard InChI is InChI=1S/C14H12IN3O2.ClH/c1-9-2-4-12(5-3-9)17-14(16)10-6-11(15)8-13(7-10)18(19)20;/h2-8H,1H3,(H2,16,17);1H. The van der Waals surface area contributed by atoms with Crippen LogP contribution in [0.5, 0.6) is 0 Å². The number of aryl methyl sites for hydroxylation is 1. The largest absolute Gasteiger partial charge is 0.383 e. The predicted octanol–water partition coefficient (Wildman–Crippen LogP) is 3.97. The fourth-order valence-corrected chi connectivity index (χ4v) is 2.30. The molecule has 2 N–H and O–H groups in total. The maximum Gasteiger partial charge on any atom is 0.271 e. The zero-order chi connectivity index (χ0) is 14.7. The fraction of sp³-hybridized carbons (Fsp3) is 0.0714. The Kier molecular flexibility index (Phi) is 6.10. The molecule has 0 amide bonds. The van der Waals surface area contributed by atoms with Gasteiger partial charge >= 0.3 is 0 Å². The van der Waals surface area contributed by atoms with E-state index in [0.717, 1.165) is 14.8 Å². The average Bonchev–Trinajstić information content (AvgIpc) is 2.40. The second-order valence-electron chi connectivity index (χ2n) is 4.29. The summed E-state index contributed by atoms with van der Waals surface area (Å²) in [5.41, 5.74) is 8.33. The number of amidine groups is 1. The Morgan fingerprint density at radius 1 is 1.24 bits per heavy atom. The number of nitro benzene ring substituents is 1. The van der Waals surface area contributed by atoms with Crippen LogP contribution < -0.4 is 5.73 Å². The normalized spacial score (nSPS) is 10.9. The van der Waals surface area contributed by atoms with Crippen molar-refractivity contribution in [2.75, 3.05) is 0 Å². The van der Waals surface area contributed by atoms with Gasteiger partial charge < -0.3 is 5.73 Å². The number of aliphatic imine (C=N–C) groups is 1. The molecule has 7 heteroatoms. The van der Waals surface area contributed by atoms with Crippen molar-refractivity contribution < 1.29 is 4.92 Å². The highest BCUT2D eigenvalue weighted by molar-refractivity contribution is 14.1. The van der Waals surface area contributed by atoms with Crippen molar-refractivity contribution in [2.45, 2.75) is 6.92 Å². The Bertz CT molecular complexity index is 687. The highest BCUT2D eigenvalue weighted by atomic mass is 127. The third-order valence-corrected chi connectivity index (χ3v) is 3.30. The van der Waals surface area contributed by atoms with Crippen molar-refractivity contribution >= 4 is 52.2 Å². The van der Waals surface area contributed by atoms with Gasteiger partial charge in [0.15, 0.2) is 0 Å². The quantitative estimate of drug-likeness (QED) is 0.270. The van der Waals surface area contributed by atoms with E-state index in [2.05, 4.69) is 4.99 Å². The second-order valence-corrected chi connectivity index (χ2v) is 5.53. The number of rotatable bonds is 3. The first kappa shape index (κ1) is 17.4. The smallest absolute Gasteiger partial charge is 0.271 e. The number of hydrogen-bond donors (Lipinski definition) is 1. The molecule has 0 saturated heterocycles. The molecule has 0 spiro atoms. The number of halogens is 2. The van der Waals surface area contributed by atoms with Crippen LogP contribution in [0.25, 0.3) is 0 Å². The molecule has 0 heterocycles. The number of nitrogens with two attached hydrogens (primary N) is 1. The number of non-ortho nitro benzene ring substituents is 1. The summed E-state index contributed by atoms with van der Waals surface area (Å²) >= 11 is 2.02. The Hall–Kier alpha value is -1.67. The van der Waals surface area contributed by atoms with E-state index in [9.17, 15) is 10.1 Å². The van der Waals surface area contributed by atoms with Crippen LogP contribution in [0.15, 0.2) is 47.5 Å². The van der Waals surface area contributed by atoms with Gasteiger partial charge in [0.1, 0.15) is 5.84 Å². The van der Waals surface area contributed by atoms with Gasteiger partial charge in [0.05, 0.1) is 10.6 Å². The first-order valence-electron chi connectivity index (χ1n) is 5.82. The number of hydrogen-bond acceptors (Lipinski definition) is 3. The number of nitro groups is 1. The van der Waals surface area contributed by atoms with Crippen LogP contribution in [0, 0.1) is 20.6 Å². The molecule has 0 aliphatic carbocycles. The molecule has 2 aromatic carbocycles. The molecule has 2 aromatic rings. The lowest BCUT2D eigenvalue weighted by Crippen LogP contribution is -2.13. The Morgan fingerprint density at radius 2 is 1.86 bits per heavy atom. The molecule has 0 bridgehead atoms. The molecule has 21 heavy (non-hydrogen) atoms. The Labute approximate surface area is 142 Å². The van der Waals surface area contributed by atoms with Crippen LogP contribution in [-0.2, 0) is 0 Å². The topological polar surface area (TPSA) is 81.5 Å². The van der Waals surface area contributed by atoms with Crippen LogP contribution >= 0.6 is 35.0 Å². The highest BCUT2D eigenvalue weighted by Gasteiger charge is 2.10. The molecule has 0 aromatic heterocycles. The summed E-state index contributed by atoms with van der Waals surface area (Å²) in [6.45, 7) is 1.99. The van der Waals surface area contributed by atoms with Gasteiger partial charge in [-0.3, -0.25) is 10.1 Å². The Morgan fingerprint density at radius 3 is 2.43 bits per heavy atom. The van der Waals surface area contributed by atoms with E-state index in [1.54, 1.807) is 6.07 Å². The van der Waals surface area contributed by atoms with Crippen molar-refractivity contribution in [2.24, 2.45) is 10.7 Å². The summed E-state index contributed by atoms with van der Waals surface area (Å²) in [7, 11) is 0. The molecular formula is C14H13ClIN3O2. The third-order valence-electron chi connectivity index (χ3n) is 2.67. The molecule has 0 atom stereocenters. The lowest BCUT2D eigenvalue weighted by atomic mass is 10.2. The van der Waals surface area contributed by atoms with E-state index in [-0.39, 0.29) is 23.9 Å². The molecule has 0 fully saturated rings. The first-order chi connectivity index (χ1) is 9.45. The minimum atomic E-state index is -0.440. The molecule has 2 rings (SSSR count). The van der Waals surface area contributed by atoms with Crippen LogP contribution in [0.3, 0.4) is 0 Å². The zero-order valence-electron chi connectivity index (χ0n) is 11.1. The van der Waals surface area contributed by atoms with Gasteiger partial charge in [-0.25, -0.2) is 4.99 Å². The summed E-state index contributed by atoms with van der Waals surface area (Å²) in [5, 5.41) is 10.8. The van der Waals surface area contributed by atoms with Gasteiger partial charge in [-0.1, -0.05) is 17.7 Å². The molecule has 0 unspecified atom stereocenters. The highest BCUT2D eigenvalue weighted by Crippen LogP contribution is 2.20. The van der Waals surface area contributed by atoms with Gasteiger partial charge in [0.2, 0.25) is 0 Å². The van der Waals surface area contributed by atoms with E-state index in [0.29, 0.717) is 5.56 Å². The van der Waals surface area contributed by atoms with Gasteiger partial charge in [-0.2, -0.15) is 0 Å². The SMILES string of the molecule is Cc1ccc(N=C(N)c2cc(I)cc([N+](=O)[O-])c2)cc1.Cl. The summed E-state index contributed by atoms with van der Waals surface area (Å²) in [6, 6.07) is 12.3. The van der Waals surface area contributed by atoms with Crippen molar-refractivity contribution in [1.82, 2.24) is 0 Å². The number of benzene rings is 2. The van der Waals surface area contributed by atoms with E-state index >= 15 is 0 Å². The predicted molar refractivity (Wildman–Crippen MR) is 94.6 cm³/mol. The van der Waals surface area contributed by atoms with Crippen LogP contribution in [0.1, 0.15) is 11.1 Å². The maximum atomic E-state index is 10.8. The minimum absolute atomic E-state index is 0. The van der Waals surface area contributed by atoms with Gasteiger partial charge in [-0.15, -0.1) is 12.4 Å². The third kappa shape index (κ3) is 4.68. The van der Waals surface area contributed by atoms with Crippen molar-refractivity contribution in [3.63, 3.8) is 0 Å². The Balaban J connectivity index is 0.00000220. The summed E-state index contributed by atoms with van der Waals surface area (Å²) in [4.78, 5) is 14.7. The minimum Gasteiger partial charge on any atom is -0.383 e.